The van der Waals surface area contributed by atoms with Gasteiger partial charge in [-0.3, -0.25) is 14.7 Å². The quantitative estimate of drug-likeness (QED) is 0.124. The number of fused-ring (bicyclic) bond motifs is 1. The van der Waals surface area contributed by atoms with Crippen molar-refractivity contribution >= 4 is 28.4 Å². The third-order valence-electron chi connectivity index (χ3n) is 8.53. The van der Waals surface area contributed by atoms with Gasteiger partial charge in [0.1, 0.15) is 17.1 Å². The number of aromatic nitrogens is 3. The van der Waals surface area contributed by atoms with Crippen LogP contribution in [0.5, 0.6) is 5.75 Å². The van der Waals surface area contributed by atoms with Crippen LogP contribution in [0.3, 0.4) is 0 Å². The lowest BCUT2D eigenvalue weighted by atomic mass is 9.88. The molecule has 2 aromatic carbocycles. The van der Waals surface area contributed by atoms with E-state index in [1.54, 1.807) is 17.2 Å². The number of carbonyl (C=O) groups excluding carboxylic acids is 1. The first-order valence-electron chi connectivity index (χ1n) is 17.0. The van der Waals surface area contributed by atoms with E-state index in [-0.39, 0.29) is 23.4 Å². The van der Waals surface area contributed by atoms with Gasteiger partial charge in [-0.25, -0.2) is 9.78 Å². The fourth-order valence-corrected chi connectivity index (χ4v) is 5.81. The minimum Gasteiger partial charge on any atom is -0.494 e. The van der Waals surface area contributed by atoms with Gasteiger partial charge in [0.05, 0.1) is 6.61 Å². The van der Waals surface area contributed by atoms with Crippen LogP contribution in [-0.2, 0) is 6.42 Å². The van der Waals surface area contributed by atoms with Crippen molar-refractivity contribution in [3.63, 3.8) is 0 Å². The summed E-state index contributed by atoms with van der Waals surface area (Å²) in [7, 11) is 0. The maximum Gasteiger partial charge on any atom is 0.326 e. The van der Waals surface area contributed by atoms with Crippen LogP contribution in [0.1, 0.15) is 82.9 Å². The van der Waals surface area contributed by atoms with Gasteiger partial charge in [-0.05, 0) is 119 Å². The number of aryl methyl sites for hydroxylation is 1. The van der Waals surface area contributed by atoms with E-state index >= 15 is 0 Å². The Hall–Kier alpha value is -4.98. The molecule has 0 aliphatic heterocycles. The number of anilines is 2. The van der Waals surface area contributed by atoms with Crippen molar-refractivity contribution < 1.29 is 9.53 Å². The molecular formula is C40H47N5O3. The highest BCUT2D eigenvalue weighted by Crippen LogP contribution is 2.38. The molecule has 3 heterocycles. The summed E-state index contributed by atoms with van der Waals surface area (Å²) in [5.41, 5.74) is 6.70. The lowest BCUT2D eigenvalue weighted by molar-refractivity contribution is 0.256. The maximum atomic E-state index is 14.2. The number of rotatable bonds is 13. The topological polar surface area (TPSA) is 100 Å². The molecule has 0 aliphatic carbocycles. The second kappa shape index (κ2) is 15.7. The Morgan fingerprint density at radius 2 is 1.60 bits per heavy atom. The van der Waals surface area contributed by atoms with Gasteiger partial charge in [0.15, 0.2) is 0 Å². The first-order chi connectivity index (χ1) is 23.1. The van der Waals surface area contributed by atoms with Crippen LogP contribution in [0.2, 0.25) is 0 Å². The number of urea groups is 1. The molecule has 3 aromatic heterocycles. The highest BCUT2D eigenvalue weighted by molar-refractivity contribution is 6.03. The standard InChI is InChI=1S/C40H47N5O3/c1-26(2)16-20-45(36-25-31-12-8-17-42-38(31)44-39(36)46)40(47)43-37-34(27(3)4)23-32(24-35(37)28(5)6)30-11-7-13-33(22-30)48-21-9-10-29-14-18-41-19-15-29/h7-8,11-15,17-19,22-28H,9-10,16,20-21H2,1-6H3,(H,43,47)(H,42,44,46). The molecular weight excluding hydrogens is 598 g/mol. The molecule has 8 nitrogen and oxygen atoms in total. The zero-order chi connectivity index (χ0) is 34.2. The highest BCUT2D eigenvalue weighted by atomic mass is 16.5. The van der Waals surface area contributed by atoms with Gasteiger partial charge in [-0.1, -0.05) is 53.7 Å². The monoisotopic (exact) mass is 645 g/mol. The van der Waals surface area contributed by atoms with E-state index in [1.807, 2.05) is 48.8 Å². The Balaban J connectivity index is 1.44. The Morgan fingerprint density at radius 1 is 0.875 bits per heavy atom. The second-order valence-corrected chi connectivity index (χ2v) is 13.4. The van der Waals surface area contributed by atoms with E-state index in [4.69, 9.17) is 4.74 Å². The molecule has 0 aliphatic rings. The minimum absolute atomic E-state index is 0.129. The number of ether oxygens (including phenoxy) is 1. The largest absolute Gasteiger partial charge is 0.494 e. The summed E-state index contributed by atoms with van der Waals surface area (Å²) in [6.07, 6.45) is 7.87. The zero-order valence-electron chi connectivity index (χ0n) is 28.9. The van der Waals surface area contributed by atoms with E-state index < -0.39 is 0 Å². The van der Waals surface area contributed by atoms with Gasteiger partial charge >= 0.3 is 6.03 Å². The summed E-state index contributed by atoms with van der Waals surface area (Å²) in [4.78, 5) is 40.3. The normalized spacial score (nSPS) is 11.4. The smallest absolute Gasteiger partial charge is 0.326 e. The first kappa shape index (κ1) is 34.4. The Bertz CT molecular complexity index is 1870. The third kappa shape index (κ3) is 8.48. The van der Waals surface area contributed by atoms with Gasteiger partial charge in [0, 0.05) is 36.2 Å². The fourth-order valence-electron chi connectivity index (χ4n) is 5.81. The van der Waals surface area contributed by atoms with Gasteiger partial charge in [-0.15, -0.1) is 0 Å². The van der Waals surface area contributed by atoms with Crippen LogP contribution in [-0.4, -0.2) is 34.1 Å². The van der Waals surface area contributed by atoms with Crippen LogP contribution in [0.4, 0.5) is 16.2 Å². The third-order valence-corrected chi connectivity index (χ3v) is 8.53. The molecule has 2 N–H and O–H groups in total. The van der Waals surface area contributed by atoms with Crippen molar-refractivity contribution in [2.24, 2.45) is 5.92 Å². The van der Waals surface area contributed by atoms with E-state index in [9.17, 15) is 9.59 Å². The van der Waals surface area contributed by atoms with Crippen LogP contribution < -0.4 is 20.5 Å². The number of H-pyrrole nitrogens is 1. The van der Waals surface area contributed by atoms with Crippen molar-refractivity contribution in [1.82, 2.24) is 15.0 Å². The molecule has 2 amide bonds. The number of pyridine rings is 3. The van der Waals surface area contributed by atoms with Crippen LogP contribution >= 0.6 is 0 Å². The molecule has 5 rings (SSSR count). The second-order valence-electron chi connectivity index (χ2n) is 13.4. The van der Waals surface area contributed by atoms with Gasteiger partial charge in [0.25, 0.3) is 5.56 Å². The molecule has 48 heavy (non-hydrogen) atoms. The van der Waals surface area contributed by atoms with Crippen LogP contribution in [0.15, 0.2) is 90.1 Å². The lowest BCUT2D eigenvalue weighted by Gasteiger charge is -2.27. The van der Waals surface area contributed by atoms with E-state index in [2.05, 4.69) is 86.1 Å². The number of carbonyl (C=O) groups is 1. The number of nitrogens with zero attached hydrogens (tertiary/aromatic N) is 3. The summed E-state index contributed by atoms with van der Waals surface area (Å²) < 4.78 is 6.16. The number of aromatic amines is 1. The molecule has 0 fully saturated rings. The fraction of sp³-hybridized carbons (Fsp3) is 0.350. The van der Waals surface area contributed by atoms with Crippen LogP contribution in [0, 0.1) is 5.92 Å². The number of hydrogen-bond acceptors (Lipinski definition) is 5. The molecule has 0 bridgehead atoms. The van der Waals surface area contributed by atoms with Crippen molar-refractivity contribution in [1.29, 1.82) is 0 Å². The van der Waals surface area contributed by atoms with Gasteiger partial charge in [0.2, 0.25) is 0 Å². The molecule has 0 saturated carbocycles. The predicted molar refractivity (Wildman–Crippen MR) is 196 cm³/mol. The maximum absolute atomic E-state index is 14.2. The first-order valence-corrected chi connectivity index (χ1v) is 17.0. The highest BCUT2D eigenvalue weighted by Gasteiger charge is 2.24. The minimum atomic E-state index is -0.344. The van der Waals surface area contributed by atoms with Crippen molar-refractivity contribution in [3.05, 3.63) is 112 Å². The number of hydrogen-bond donors (Lipinski definition) is 2. The van der Waals surface area contributed by atoms with Gasteiger partial charge < -0.3 is 15.0 Å². The summed E-state index contributed by atoms with van der Waals surface area (Å²) >= 11 is 0. The van der Waals surface area contributed by atoms with E-state index in [1.165, 1.54) is 5.56 Å². The molecule has 5 aromatic rings. The van der Waals surface area contributed by atoms with Crippen molar-refractivity contribution in [2.75, 3.05) is 23.4 Å². The van der Waals surface area contributed by atoms with E-state index in [0.29, 0.717) is 30.4 Å². The number of nitrogens with one attached hydrogen (secondary N) is 2. The molecule has 0 radical (unpaired) electrons. The Kier molecular flexibility index (Phi) is 11.3. The number of amides is 2. The Morgan fingerprint density at radius 3 is 2.29 bits per heavy atom. The van der Waals surface area contributed by atoms with Gasteiger partial charge in [-0.2, -0.15) is 0 Å². The zero-order valence-corrected chi connectivity index (χ0v) is 28.9. The SMILES string of the molecule is CC(C)CCN(C(=O)Nc1c(C(C)C)cc(-c2cccc(OCCCc3ccncc3)c2)cc1C(C)C)c1cc2cccnc2[nH]c1=O. The molecule has 0 saturated heterocycles. The molecule has 0 unspecified atom stereocenters. The van der Waals surface area contributed by atoms with Crippen LogP contribution in [0.25, 0.3) is 22.2 Å². The molecule has 250 valence electrons. The Labute approximate surface area is 283 Å². The molecule has 0 spiro atoms. The van der Waals surface area contributed by atoms with Crippen molar-refractivity contribution in [3.8, 4) is 16.9 Å². The summed E-state index contributed by atoms with van der Waals surface area (Å²) in [6, 6.07) is 21.7. The molecule has 0 atom stereocenters. The van der Waals surface area contributed by atoms with E-state index in [0.717, 1.165) is 58.3 Å². The predicted octanol–water partition coefficient (Wildman–Crippen LogP) is 9.33. The summed E-state index contributed by atoms with van der Waals surface area (Å²) in [5, 5.41) is 4.04. The summed E-state index contributed by atoms with van der Waals surface area (Å²) in [5.74, 6) is 1.43. The molecule has 8 heteroatoms. The number of benzene rings is 2. The van der Waals surface area contributed by atoms with Crippen molar-refractivity contribution in [2.45, 2.75) is 72.6 Å². The average molecular weight is 646 g/mol. The average Bonchev–Trinajstić information content (AvgIpc) is 3.07. The summed E-state index contributed by atoms with van der Waals surface area (Å²) in [6.45, 7) is 13.8. The lowest BCUT2D eigenvalue weighted by Crippen LogP contribution is -2.40.